The first kappa shape index (κ1) is 22.0. The van der Waals surface area contributed by atoms with Crippen molar-refractivity contribution in [2.45, 2.75) is 45.2 Å². The molecule has 0 bridgehead atoms. The van der Waals surface area contributed by atoms with E-state index in [0.717, 1.165) is 18.7 Å². The van der Waals surface area contributed by atoms with Crippen LogP contribution in [0.15, 0.2) is 30.3 Å². The number of carbonyl (C=O) groups is 4. The lowest BCUT2D eigenvalue weighted by atomic mass is 9.96. The molecule has 0 aromatic heterocycles. The number of methoxy groups -OCH3 is 1. The van der Waals surface area contributed by atoms with Gasteiger partial charge >= 0.3 is 24.0 Å². The monoisotopic (exact) mass is 408 g/mol. The first-order chi connectivity index (χ1) is 13.7. The molecule has 4 atom stereocenters. The summed E-state index contributed by atoms with van der Waals surface area (Å²) in [5, 5.41) is 3.16. The summed E-state index contributed by atoms with van der Waals surface area (Å²) < 4.78 is 20.8. The number of esters is 3. The number of nitrogens with one attached hydrogen (secondary N) is 1. The summed E-state index contributed by atoms with van der Waals surface area (Å²) in [6.45, 7) is 3.47. The normalized spacial score (nSPS) is 23.5. The highest BCUT2D eigenvalue weighted by Crippen LogP contribution is 2.28. The van der Waals surface area contributed by atoms with Crippen LogP contribution in [0.2, 0.25) is 0 Å². The van der Waals surface area contributed by atoms with Gasteiger partial charge < -0.3 is 24.3 Å². The molecule has 0 saturated carbocycles. The van der Waals surface area contributed by atoms with Crippen LogP contribution in [0.3, 0.4) is 0 Å². The van der Waals surface area contributed by atoms with Crippen molar-refractivity contribution < 1.29 is 38.1 Å². The first-order valence-electron chi connectivity index (χ1n) is 8.90. The fraction of sp³-hybridized carbons (Fsp3) is 0.474. The van der Waals surface area contributed by atoms with Gasteiger partial charge in [0.1, 0.15) is 0 Å². The van der Waals surface area contributed by atoms with E-state index in [-0.39, 0.29) is 6.54 Å². The molecule has 10 nitrogen and oxygen atoms in total. The minimum atomic E-state index is -1.33. The molecule has 29 heavy (non-hydrogen) atoms. The van der Waals surface area contributed by atoms with Gasteiger partial charge in [-0.25, -0.2) is 4.79 Å². The number of ether oxygens (including phenoxy) is 4. The van der Waals surface area contributed by atoms with Crippen LogP contribution in [-0.2, 0) is 33.3 Å². The largest absolute Gasteiger partial charge is 0.456 e. The Kier molecular flexibility index (Phi) is 7.40. The Morgan fingerprint density at radius 1 is 0.897 bits per heavy atom. The Bertz CT molecular complexity index is 754. The molecular formula is C19H24N2O8. The Hall–Kier alpha value is -3.30. The van der Waals surface area contributed by atoms with Gasteiger partial charge in [-0.3, -0.25) is 19.3 Å². The van der Waals surface area contributed by atoms with E-state index < -0.39 is 48.5 Å². The topological polar surface area (TPSA) is 120 Å². The van der Waals surface area contributed by atoms with Crippen LogP contribution in [0.4, 0.5) is 10.5 Å². The van der Waals surface area contributed by atoms with Gasteiger partial charge in [-0.1, -0.05) is 18.2 Å². The van der Waals surface area contributed by atoms with E-state index in [1.165, 1.54) is 14.0 Å². The van der Waals surface area contributed by atoms with Crippen LogP contribution >= 0.6 is 0 Å². The van der Waals surface area contributed by atoms with E-state index in [9.17, 15) is 19.2 Å². The molecule has 0 radical (unpaired) electrons. The highest BCUT2D eigenvalue weighted by Gasteiger charge is 2.51. The Balaban J connectivity index is 2.47. The van der Waals surface area contributed by atoms with E-state index >= 15 is 0 Å². The van der Waals surface area contributed by atoms with Crippen molar-refractivity contribution in [2.24, 2.45) is 0 Å². The van der Waals surface area contributed by atoms with Gasteiger partial charge in [0.25, 0.3) is 0 Å². The third-order valence-corrected chi connectivity index (χ3v) is 4.13. The number of hydrogen-bond acceptors (Lipinski definition) is 9. The van der Waals surface area contributed by atoms with E-state index in [0.29, 0.717) is 5.69 Å². The average Bonchev–Trinajstić information content (AvgIpc) is 2.65. The predicted molar refractivity (Wildman–Crippen MR) is 99.6 cm³/mol. The molecular weight excluding hydrogens is 384 g/mol. The number of piperidine rings is 1. The summed E-state index contributed by atoms with van der Waals surface area (Å²) >= 11 is 0. The van der Waals surface area contributed by atoms with Gasteiger partial charge in [-0.2, -0.15) is 0 Å². The second-order valence-corrected chi connectivity index (χ2v) is 6.39. The van der Waals surface area contributed by atoms with Crippen LogP contribution in [0, 0.1) is 0 Å². The molecule has 1 amide bonds. The van der Waals surface area contributed by atoms with Crippen LogP contribution < -0.4 is 5.32 Å². The quantitative estimate of drug-likeness (QED) is 0.568. The molecule has 158 valence electrons. The molecule has 1 aromatic carbocycles. The third-order valence-electron chi connectivity index (χ3n) is 4.13. The molecule has 1 fully saturated rings. The zero-order valence-electron chi connectivity index (χ0n) is 16.6. The average molecular weight is 408 g/mol. The fourth-order valence-electron chi connectivity index (χ4n) is 3.12. The molecule has 1 aliphatic rings. The zero-order chi connectivity index (χ0) is 21.6. The number of anilines is 1. The standard InChI is InChI=1S/C19H24N2O8/c1-11(22)27-16-15(20-14-8-6-5-7-9-14)10-21(19(25)26-4)18(29-13(3)24)17(16)28-12(2)23/h5-9,15-18,20H,10H2,1-4H3/t15-,16+,17+,18-/m1/s1. The number of carbonyl (C=O) groups excluding carboxylic acids is 4. The molecule has 1 aliphatic heterocycles. The summed E-state index contributed by atoms with van der Waals surface area (Å²) in [5.41, 5.74) is 0.687. The van der Waals surface area contributed by atoms with Crippen LogP contribution in [0.1, 0.15) is 20.8 Å². The summed E-state index contributed by atoms with van der Waals surface area (Å²) in [5.74, 6) is -2.04. The van der Waals surface area contributed by atoms with Crippen molar-refractivity contribution in [1.29, 1.82) is 0 Å². The first-order valence-corrected chi connectivity index (χ1v) is 8.90. The highest BCUT2D eigenvalue weighted by atomic mass is 16.6. The van der Waals surface area contributed by atoms with Gasteiger partial charge in [0.05, 0.1) is 19.7 Å². The predicted octanol–water partition coefficient (Wildman–Crippen LogP) is 1.30. The van der Waals surface area contributed by atoms with E-state index in [1.807, 2.05) is 6.07 Å². The SMILES string of the molecule is COC(=O)N1C[C@@H](Nc2ccccc2)[C@H](OC(C)=O)[C@H](OC(C)=O)[C@H]1OC(C)=O. The lowest BCUT2D eigenvalue weighted by molar-refractivity contribution is -0.210. The van der Waals surface area contributed by atoms with Crippen LogP contribution in [0.25, 0.3) is 0 Å². The van der Waals surface area contributed by atoms with Crippen molar-refractivity contribution in [3.05, 3.63) is 30.3 Å². The molecule has 1 saturated heterocycles. The molecule has 0 spiro atoms. The Labute approximate surface area is 168 Å². The van der Waals surface area contributed by atoms with Gasteiger partial charge in [0, 0.05) is 26.5 Å². The van der Waals surface area contributed by atoms with Crippen molar-refractivity contribution in [3.8, 4) is 0 Å². The van der Waals surface area contributed by atoms with Crippen LogP contribution in [0.5, 0.6) is 0 Å². The van der Waals surface area contributed by atoms with Crippen molar-refractivity contribution >= 4 is 29.7 Å². The smallest absolute Gasteiger partial charge is 0.412 e. The highest BCUT2D eigenvalue weighted by molar-refractivity contribution is 5.72. The Morgan fingerprint density at radius 3 is 1.97 bits per heavy atom. The summed E-state index contributed by atoms with van der Waals surface area (Å²) in [6.07, 6.45) is -4.44. The maximum Gasteiger partial charge on any atom is 0.412 e. The maximum atomic E-state index is 12.4. The van der Waals surface area contributed by atoms with Crippen LogP contribution in [-0.4, -0.2) is 67.0 Å². The van der Waals surface area contributed by atoms with Crippen molar-refractivity contribution in [2.75, 3.05) is 19.0 Å². The number of amides is 1. The number of para-hydroxylation sites is 1. The molecule has 10 heteroatoms. The third kappa shape index (κ3) is 5.84. The molecule has 1 N–H and O–H groups in total. The number of likely N-dealkylation sites (tertiary alicyclic amines) is 1. The lowest BCUT2D eigenvalue weighted by Crippen LogP contribution is -2.67. The molecule has 1 heterocycles. The minimum Gasteiger partial charge on any atom is -0.456 e. The molecule has 0 aliphatic carbocycles. The van der Waals surface area contributed by atoms with Gasteiger partial charge in [0.2, 0.25) is 6.23 Å². The number of benzene rings is 1. The summed E-state index contributed by atoms with van der Waals surface area (Å²) in [6, 6.07) is 8.31. The van der Waals surface area contributed by atoms with Gasteiger partial charge in [0.15, 0.2) is 12.2 Å². The fourth-order valence-corrected chi connectivity index (χ4v) is 3.12. The minimum absolute atomic E-state index is 0.0464. The number of hydrogen-bond donors (Lipinski definition) is 1. The summed E-state index contributed by atoms with van der Waals surface area (Å²) in [4.78, 5) is 48.6. The van der Waals surface area contributed by atoms with Gasteiger partial charge in [-0.05, 0) is 12.1 Å². The second-order valence-electron chi connectivity index (χ2n) is 6.39. The number of rotatable bonds is 5. The second kappa shape index (κ2) is 9.76. The summed E-state index contributed by atoms with van der Waals surface area (Å²) in [7, 11) is 1.17. The molecule has 2 rings (SSSR count). The maximum absolute atomic E-state index is 12.4. The number of nitrogens with zero attached hydrogens (tertiary/aromatic N) is 1. The Morgan fingerprint density at radius 2 is 1.45 bits per heavy atom. The molecule has 1 aromatic rings. The van der Waals surface area contributed by atoms with E-state index in [1.54, 1.807) is 24.3 Å². The van der Waals surface area contributed by atoms with E-state index in [2.05, 4.69) is 5.32 Å². The van der Waals surface area contributed by atoms with Crippen molar-refractivity contribution in [3.63, 3.8) is 0 Å². The van der Waals surface area contributed by atoms with Crippen molar-refractivity contribution in [1.82, 2.24) is 4.90 Å². The molecule has 0 unspecified atom stereocenters. The zero-order valence-corrected chi connectivity index (χ0v) is 16.6. The lowest BCUT2D eigenvalue weighted by Gasteiger charge is -2.46. The van der Waals surface area contributed by atoms with E-state index in [4.69, 9.17) is 18.9 Å². The van der Waals surface area contributed by atoms with Gasteiger partial charge in [-0.15, -0.1) is 0 Å².